The summed E-state index contributed by atoms with van der Waals surface area (Å²) in [7, 11) is -1.05. The summed E-state index contributed by atoms with van der Waals surface area (Å²) in [5.74, 6) is -0.617. The zero-order valence-electron chi connectivity index (χ0n) is 18.4. The topological polar surface area (TPSA) is 96.2 Å². The number of nitrogens with one attached hydrogen (secondary N) is 1. The fraction of sp³-hybridized carbons (Fsp3) is 0.273. The standard InChI is InChI=1S/C22H24FN5O4S/c1-4-26(2)33(30,31)25-22(29)19-13-24-21-10-8-16(14-28(19)21)27-11-5-6-18(27)17-12-15(23)7-9-20(17)32-3/h6-10,12-14H,4-5,11H2,1-3H3,(H,25,29). The molecular formula is C22H24FN5O4S. The number of anilines is 1. The third-order valence-electron chi connectivity index (χ3n) is 5.53. The van der Waals surface area contributed by atoms with Gasteiger partial charge in [0.15, 0.2) is 0 Å². The lowest BCUT2D eigenvalue weighted by Gasteiger charge is -2.24. The molecule has 0 bridgehead atoms. The van der Waals surface area contributed by atoms with Gasteiger partial charge in [0.05, 0.1) is 19.0 Å². The molecule has 0 radical (unpaired) electrons. The van der Waals surface area contributed by atoms with Crippen molar-refractivity contribution in [2.75, 3.05) is 32.1 Å². The number of aromatic nitrogens is 2. The normalized spacial score (nSPS) is 14.1. The van der Waals surface area contributed by atoms with Crippen LogP contribution in [0.3, 0.4) is 0 Å². The summed E-state index contributed by atoms with van der Waals surface area (Å²) < 4.78 is 48.6. The quantitative estimate of drug-likeness (QED) is 0.567. The van der Waals surface area contributed by atoms with E-state index in [1.807, 2.05) is 17.0 Å². The molecule has 0 saturated carbocycles. The van der Waals surface area contributed by atoms with Gasteiger partial charge < -0.3 is 9.64 Å². The Morgan fingerprint density at radius 1 is 1.30 bits per heavy atom. The average Bonchev–Trinajstić information content (AvgIpc) is 3.44. The van der Waals surface area contributed by atoms with Crippen molar-refractivity contribution in [3.63, 3.8) is 0 Å². The van der Waals surface area contributed by atoms with E-state index < -0.39 is 16.1 Å². The van der Waals surface area contributed by atoms with Crippen molar-refractivity contribution in [3.8, 4) is 5.75 Å². The number of pyridine rings is 1. The van der Waals surface area contributed by atoms with Gasteiger partial charge in [0.2, 0.25) is 0 Å². The first kappa shape index (κ1) is 22.7. The minimum atomic E-state index is -3.96. The van der Waals surface area contributed by atoms with Crippen LogP contribution in [0.25, 0.3) is 11.3 Å². The highest BCUT2D eigenvalue weighted by atomic mass is 32.2. The van der Waals surface area contributed by atoms with Gasteiger partial charge in [0.25, 0.3) is 5.91 Å². The molecule has 0 fully saturated rings. The predicted molar refractivity (Wildman–Crippen MR) is 123 cm³/mol. The van der Waals surface area contributed by atoms with Crippen LogP contribution < -0.4 is 14.4 Å². The zero-order valence-corrected chi connectivity index (χ0v) is 19.3. The maximum atomic E-state index is 14.0. The predicted octanol–water partition coefficient (Wildman–Crippen LogP) is 2.66. The second-order valence-electron chi connectivity index (χ2n) is 7.48. The van der Waals surface area contributed by atoms with E-state index in [1.165, 1.54) is 36.9 Å². The van der Waals surface area contributed by atoms with E-state index in [4.69, 9.17) is 4.74 Å². The van der Waals surface area contributed by atoms with Crippen LogP contribution in [0.15, 0.2) is 48.8 Å². The van der Waals surface area contributed by atoms with Gasteiger partial charge in [-0.25, -0.2) is 14.1 Å². The van der Waals surface area contributed by atoms with Gasteiger partial charge in [0, 0.05) is 37.6 Å². The summed E-state index contributed by atoms with van der Waals surface area (Å²) in [5, 5.41) is 0. The third kappa shape index (κ3) is 4.29. The summed E-state index contributed by atoms with van der Waals surface area (Å²) in [6.45, 7) is 2.53. The molecule has 1 N–H and O–H groups in total. The summed E-state index contributed by atoms with van der Waals surface area (Å²) >= 11 is 0. The SMILES string of the molecule is CCN(C)S(=O)(=O)NC(=O)c1cnc2ccc(N3CCC=C3c3cc(F)ccc3OC)cn12. The molecule has 3 heterocycles. The zero-order chi connectivity index (χ0) is 23.8. The molecule has 33 heavy (non-hydrogen) atoms. The Kier molecular flexibility index (Phi) is 6.09. The maximum absolute atomic E-state index is 14.0. The van der Waals surface area contributed by atoms with Gasteiger partial charge in [-0.2, -0.15) is 12.7 Å². The van der Waals surface area contributed by atoms with Gasteiger partial charge in [0.1, 0.15) is 22.9 Å². The number of methoxy groups -OCH3 is 1. The Morgan fingerprint density at radius 3 is 2.82 bits per heavy atom. The van der Waals surface area contributed by atoms with Crippen molar-refractivity contribution in [2.24, 2.45) is 0 Å². The number of rotatable bonds is 7. The van der Waals surface area contributed by atoms with Crippen molar-refractivity contribution >= 4 is 33.1 Å². The van der Waals surface area contributed by atoms with Crippen LogP contribution >= 0.6 is 0 Å². The number of ether oxygens (including phenoxy) is 1. The summed E-state index contributed by atoms with van der Waals surface area (Å²) in [5.41, 5.74) is 2.70. The van der Waals surface area contributed by atoms with E-state index in [1.54, 1.807) is 25.3 Å². The highest BCUT2D eigenvalue weighted by Crippen LogP contribution is 2.36. The lowest BCUT2D eigenvalue weighted by Crippen LogP contribution is -2.41. The Hall–Kier alpha value is -3.44. The van der Waals surface area contributed by atoms with Crippen LogP contribution in [0.4, 0.5) is 10.1 Å². The van der Waals surface area contributed by atoms with Crippen molar-refractivity contribution in [1.82, 2.24) is 18.4 Å². The molecule has 0 saturated heterocycles. The number of fused-ring (bicyclic) bond motifs is 1. The van der Waals surface area contributed by atoms with Crippen LogP contribution in [0.2, 0.25) is 0 Å². The number of carbonyl (C=O) groups excluding carboxylic acids is 1. The van der Waals surface area contributed by atoms with E-state index in [0.717, 1.165) is 22.1 Å². The number of nitrogens with zero attached hydrogens (tertiary/aromatic N) is 4. The minimum absolute atomic E-state index is 0.0768. The van der Waals surface area contributed by atoms with Gasteiger partial charge >= 0.3 is 10.2 Å². The number of hydrogen-bond donors (Lipinski definition) is 1. The van der Waals surface area contributed by atoms with Crippen molar-refractivity contribution < 1.29 is 22.3 Å². The number of imidazole rings is 1. The van der Waals surface area contributed by atoms with Crippen molar-refractivity contribution in [3.05, 3.63) is 65.9 Å². The molecule has 9 nitrogen and oxygen atoms in total. The molecule has 0 atom stereocenters. The number of carbonyl (C=O) groups is 1. The van der Waals surface area contributed by atoms with E-state index in [0.29, 0.717) is 23.5 Å². The maximum Gasteiger partial charge on any atom is 0.303 e. The van der Waals surface area contributed by atoms with Crippen LogP contribution in [0.5, 0.6) is 5.75 Å². The third-order valence-corrected chi connectivity index (χ3v) is 7.05. The molecule has 3 aromatic rings. The lowest BCUT2D eigenvalue weighted by molar-refractivity contribution is 0.0974. The van der Waals surface area contributed by atoms with Crippen molar-refractivity contribution in [2.45, 2.75) is 13.3 Å². The second kappa shape index (κ2) is 8.83. The molecule has 0 unspecified atom stereocenters. The molecular weight excluding hydrogens is 449 g/mol. The van der Waals surface area contributed by atoms with Crippen molar-refractivity contribution in [1.29, 1.82) is 0 Å². The highest BCUT2D eigenvalue weighted by molar-refractivity contribution is 7.87. The van der Waals surface area contributed by atoms with Gasteiger partial charge in [-0.3, -0.25) is 9.20 Å². The number of hydrogen-bond acceptors (Lipinski definition) is 6. The van der Waals surface area contributed by atoms with Crippen LogP contribution in [-0.2, 0) is 10.2 Å². The molecule has 174 valence electrons. The average molecular weight is 474 g/mol. The molecule has 2 aromatic heterocycles. The number of benzene rings is 1. The Bertz CT molecular complexity index is 1350. The Balaban J connectivity index is 1.70. The van der Waals surface area contributed by atoms with Gasteiger partial charge in [-0.15, -0.1) is 0 Å². The minimum Gasteiger partial charge on any atom is -0.496 e. The molecule has 0 aliphatic carbocycles. The largest absolute Gasteiger partial charge is 0.496 e. The molecule has 0 spiro atoms. The molecule has 4 rings (SSSR count). The fourth-order valence-corrected chi connectivity index (χ4v) is 4.51. The Morgan fingerprint density at radius 2 is 2.09 bits per heavy atom. The van der Waals surface area contributed by atoms with Gasteiger partial charge in [-0.1, -0.05) is 13.0 Å². The smallest absolute Gasteiger partial charge is 0.303 e. The van der Waals surface area contributed by atoms with Crippen LogP contribution in [-0.4, -0.2) is 55.3 Å². The number of amides is 1. The molecule has 1 aliphatic rings. The van der Waals surface area contributed by atoms with Crippen LogP contribution in [0.1, 0.15) is 29.4 Å². The molecule has 1 aromatic carbocycles. The van der Waals surface area contributed by atoms with Gasteiger partial charge in [-0.05, 0) is 36.8 Å². The number of halogens is 1. The van der Waals surface area contributed by atoms with E-state index >= 15 is 0 Å². The lowest BCUT2D eigenvalue weighted by atomic mass is 10.1. The summed E-state index contributed by atoms with van der Waals surface area (Å²) in [6.07, 6.45) is 5.77. The first-order valence-electron chi connectivity index (χ1n) is 10.3. The monoisotopic (exact) mass is 473 g/mol. The molecule has 1 aliphatic heterocycles. The highest BCUT2D eigenvalue weighted by Gasteiger charge is 2.25. The van der Waals surface area contributed by atoms with E-state index in [-0.39, 0.29) is 18.1 Å². The molecule has 1 amide bonds. The Labute approximate surface area is 191 Å². The summed E-state index contributed by atoms with van der Waals surface area (Å²) in [6, 6.07) is 7.92. The first-order valence-corrected chi connectivity index (χ1v) is 11.8. The first-order chi connectivity index (χ1) is 15.7. The van der Waals surface area contributed by atoms with E-state index in [9.17, 15) is 17.6 Å². The fourth-order valence-electron chi connectivity index (χ4n) is 3.68. The summed E-state index contributed by atoms with van der Waals surface area (Å²) in [4.78, 5) is 18.9. The van der Waals surface area contributed by atoms with E-state index in [2.05, 4.69) is 9.71 Å². The van der Waals surface area contributed by atoms with Crippen LogP contribution in [0, 0.1) is 5.82 Å². The second-order valence-corrected chi connectivity index (χ2v) is 9.26. The molecule has 11 heteroatoms.